The maximum atomic E-state index is 12.3. The number of aryl methyl sites for hydroxylation is 1. The van der Waals surface area contributed by atoms with Crippen LogP contribution in [0.3, 0.4) is 0 Å². The van der Waals surface area contributed by atoms with Gasteiger partial charge in [0.25, 0.3) is 5.91 Å². The lowest BCUT2D eigenvalue weighted by molar-refractivity contribution is 0.0690. The van der Waals surface area contributed by atoms with Crippen molar-refractivity contribution < 1.29 is 14.7 Å². The second-order valence-corrected chi connectivity index (χ2v) is 5.09. The maximum Gasteiger partial charge on any atom is 0.352 e. The molecule has 0 radical (unpaired) electrons. The zero-order valence-electron chi connectivity index (χ0n) is 10.8. The van der Waals surface area contributed by atoms with E-state index in [4.69, 9.17) is 5.11 Å². The number of hydrogen-bond acceptors (Lipinski definition) is 3. The van der Waals surface area contributed by atoms with E-state index in [2.05, 4.69) is 31.2 Å². The number of carbonyl (C=O) groups is 2. The standard InChI is InChI=1S/C13H12BrN3O3/c1-6-10(7(2)16-11(6)13(19)20)12(18)17-9-3-4-15-5-8(9)14/h3-5,16H,1-2H3,(H,19,20)(H,15,17,18). The molecule has 20 heavy (non-hydrogen) atoms. The van der Waals surface area contributed by atoms with Gasteiger partial charge in [-0.3, -0.25) is 9.78 Å². The first kappa shape index (κ1) is 14.3. The summed E-state index contributed by atoms with van der Waals surface area (Å²) >= 11 is 3.28. The van der Waals surface area contributed by atoms with Gasteiger partial charge in [-0.1, -0.05) is 0 Å². The number of amides is 1. The Morgan fingerprint density at radius 3 is 2.65 bits per heavy atom. The molecule has 3 N–H and O–H groups in total. The molecule has 0 aliphatic carbocycles. The Balaban J connectivity index is 2.35. The fourth-order valence-corrected chi connectivity index (χ4v) is 2.32. The van der Waals surface area contributed by atoms with Crippen LogP contribution in [0.1, 0.15) is 32.1 Å². The SMILES string of the molecule is Cc1[nH]c(C(=O)O)c(C)c1C(=O)Nc1ccncc1Br. The number of carboxylic acids is 1. The van der Waals surface area contributed by atoms with Crippen LogP contribution in [0.15, 0.2) is 22.9 Å². The lowest BCUT2D eigenvalue weighted by Gasteiger charge is -2.07. The monoisotopic (exact) mass is 337 g/mol. The van der Waals surface area contributed by atoms with Crippen LogP contribution in [0.4, 0.5) is 5.69 Å². The number of anilines is 1. The third kappa shape index (κ3) is 2.57. The van der Waals surface area contributed by atoms with Crippen molar-refractivity contribution in [2.75, 3.05) is 5.32 Å². The Morgan fingerprint density at radius 1 is 1.40 bits per heavy atom. The summed E-state index contributed by atoms with van der Waals surface area (Å²) < 4.78 is 0.651. The smallest absolute Gasteiger partial charge is 0.352 e. The molecular weight excluding hydrogens is 326 g/mol. The molecule has 1 amide bonds. The molecule has 104 valence electrons. The topological polar surface area (TPSA) is 95.1 Å². The van der Waals surface area contributed by atoms with Gasteiger partial charge >= 0.3 is 5.97 Å². The van der Waals surface area contributed by atoms with Crippen molar-refractivity contribution in [2.45, 2.75) is 13.8 Å². The van der Waals surface area contributed by atoms with Crippen molar-refractivity contribution in [1.29, 1.82) is 0 Å². The molecule has 0 saturated carbocycles. The van der Waals surface area contributed by atoms with Crippen molar-refractivity contribution in [1.82, 2.24) is 9.97 Å². The van der Waals surface area contributed by atoms with Crippen molar-refractivity contribution in [3.05, 3.63) is 45.4 Å². The van der Waals surface area contributed by atoms with Gasteiger partial charge in [-0.05, 0) is 41.4 Å². The van der Waals surface area contributed by atoms with Gasteiger partial charge in [-0.25, -0.2) is 4.79 Å². The van der Waals surface area contributed by atoms with Crippen molar-refractivity contribution >= 4 is 33.5 Å². The van der Waals surface area contributed by atoms with E-state index in [0.29, 0.717) is 27.0 Å². The lowest BCUT2D eigenvalue weighted by atomic mass is 10.1. The number of aromatic amines is 1. The lowest BCUT2D eigenvalue weighted by Crippen LogP contribution is -2.14. The number of pyridine rings is 1. The van der Waals surface area contributed by atoms with Crippen molar-refractivity contribution in [3.8, 4) is 0 Å². The average Bonchev–Trinajstić information content (AvgIpc) is 2.68. The highest BCUT2D eigenvalue weighted by Crippen LogP contribution is 2.23. The van der Waals surface area contributed by atoms with Crippen molar-refractivity contribution in [3.63, 3.8) is 0 Å². The molecule has 7 heteroatoms. The van der Waals surface area contributed by atoms with Crippen LogP contribution in [0.25, 0.3) is 0 Å². The third-order valence-corrected chi connectivity index (χ3v) is 3.53. The highest BCUT2D eigenvalue weighted by atomic mass is 79.9. The van der Waals surface area contributed by atoms with Crippen LogP contribution in [0.5, 0.6) is 0 Å². The summed E-state index contributed by atoms with van der Waals surface area (Å²) in [5.74, 6) is -1.45. The number of nitrogens with zero attached hydrogens (tertiary/aromatic N) is 1. The molecule has 0 unspecified atom stereocenters. The molecule has 2 heterocycles. The third-order valence-electron chi connectivity index (χ3n) is 2.90. The molecule has 0 aliphatic heterocycles. The Labute approximate surface area is 123 Å². The van der Waals surface area contributed by atoms with Gasteiger partial charge in [0.05, 0.1) is 15.7 Å². The van der Waals surface area contributed by atoms with Crippen LogP contribution >= 0.6 is 15.9 Å². The number of aromatic carboxylic acids is 1. The van der Waals surface area contributed by atoms with Gasteiger partial charge < -0.3 is 15.4 Å². The average molecular weight is 338 g/mol. The minimum absolute atomic E-state index is 0.0291. The largest absolute Gasteiger partial charge is 0.477 e. The van der Waals surface area contributed by atoms with Gasteiger partial charge in [0.15, 0.2) is 0 Å². The van der Waals surface area contributed by atoms with E-state index in [0.717, 1.165) is 0 Å². The number of hydrogen-bond donors (Lipinski definition) is 3. The molecule has 0 atom stereocenters. The molecule has 0 bridgehead atoms. The molecule has 0 saturated heterocycles. The molecular formula is C13H12BrN3O3. The van der Waals surface area contributed by atoms with Crippen molar-refractivity contribution in [2.24, 2.45) is 0 Å². The van der Waals surface area contributed by atoms with Crippen LogP contribution in [0, 0.1) is 13.8 Å². The van der Waals surface area contributed by atoms with Gasteiger partial charge in [0.1, 0.15) is 5.69 Å². The highest BCUT2D eigenvalue weighted by Gasteiger charge is 2.21. The predicted molar refractivity (Wildman–Crippen MR) is 77.1 cm³/mol. The summed E-state index contributed by atoms with van der Waals surface area (Å²) in [4.78, 5) is 29.9. The minimum Gasteiger partial charge on any atom is -0.477 e. The maximum absolute atomic E-state index is 12.3. The summed E-state index contributed by atoms with van der Waals surface area (Å²) in [5, 5.41) is 11.8. The molecule has 0 fully saturated rings. The van der Waals surface area contributed by atoms with Gasteiger partial charge in [0, 0.05) is 18.1 Å². The molecule has 2 aromatic rings. The van der Waals surface area contributed by atoms with Crippen LogP contribution in [-0.4, -0.2) is 27.0 Å². The first-order chi connectivity index (χ1) is 9.41. The molecule has 2 rings (SSSR count). The van der Waals surface area contributed by atoms with E-state index in [9.17, 15) is 9.59 Å². The molecule has 6 nitrogen and oxygen atoms in total. The Morgan fingerprint density at radius 2 is 2.10 bits per heavy atom. The number of carbonyl (C=O) groups excluding carboxylic acids is 1. The van der Waals surface area contributed by atoms with E-state index in [1.807, 2.05) is 0 Å². The minimum atomic E-state index is -1.09. The molecule has 0 spiro atoms. The van der Waals surface area contributed by atoms with E-state index in [-0.39, 0.29) is 11.6 Å². The predicted octanol–water partition coefficient (Wildman–Crippen LogP) is 2.74. The summed E-state index contributed by atoms with van der Waals surface area (Å²) in [5.41, 5.74) is 1.87. The van der Waals surface area contributed by atoms with Gasteiger partial charge in [-0.2, -0.15) is 0 Å². The van der Waals surface area contributed by atoms with Crippen LogP contribution < -0.4 is 5.32 Å². The number of H-pyrrole nitrogens is 1. The molecule has 2 aromatic heterocycles. The number of nitrogens with one attached hydrogen (secondary N) is 2. The summed E-state index contributed by atoms with van der Waals surface area (Å²) in [6, 6.07) is 1.65. The Bertz CT molecular complexity index is 694. The van der Waals surface area contributed by atoms with Gasteiger partial charge in [0.2, 0.25) is 0 Å². The Hall–Kier alpha value is -2.15. The zero-order valence-corrected chi connectivity index (χ0v) is 12.4. The van der Waals surface area contributed by atoms with E-state index in [1.165, 1.54) is 0 Å². The summed E-state index contributed by atoms with van der Waals surface area (Å²) in [6.07, 6.45) is 3.12. The number of rotatable bonds is 3. The Kier molecular flexibility index (Phi) is 3.89. The second kappa shape index (κ2) is 5.46. The fourth-order valence-electron chi connectivity index (χ4n) is 1.97. The van der Waals surface area contributed by atoms with Gasteiger partial charge in [-0.15, -0.1) is 0 Å². The molecule has 0 aromatic carbocycles. The number of halogens is 1. The van der Waals surface area contributed by atoms with E-state index in [1.54, 1.807) is 32.3 Å². The van der Waals surface area contributed by atoms with E-state index < -0.39 is 5.97 Å². The number of aromatic nitrogens is 2. The second-order valence-electron chi connectivity index (χ2n) is 4.24. The van der Waals surface area contributed by atoms with Crippen LogP contribution in [0.2, 0.25) is 0 Å². The molecule has 0 aliphatic rings. The summed E-state index contributed by atoms with van der Waals surface area (Å²) in [7, 11) is 0. The zero-order chi connectivity index (χ0) is 14.9. The summed E-state index contributed by atoms with van der Waals surface area (Å²) in [6.45, 7) is 3.26. The first-order valence-electron chi connectivity index (χ1n) is 5.75. The van der Waals surface area contributed by atoms with Crippen LogP contribution in [-0.2, 0) is 0 Å². The highest BCUT2D eigenvalue weighted by molar-refractivity contribution is 9.10. The first-order valence-corrected chi connectivity index (χ1v) is 6.54. The normalized spacial score (nSPS) is 10.3. The fraction of sp³-hybridized carbons (Fsp3) is 0.154. The van der Waals surface area contributed by atoms with E-state index >= 15 is 0 Å². The quantitative estimate of drug-likeness (QED) is 0.802. The number of carboxylic acid groups (broad SMARTS) is 1.